The predicted octanol–water partition coefficient (Wildman–Crippen LogP) is 2.92. The van der Waals surface area contributed by atoms with Gasteiger partial charge in [-0.15, -0.1) is 0 Å². The summed E-state index contributed by atoms with van der Waals surface area (Å²) in [6.45, 7) is 0.396. The summed E-state index contributed by atoms with van der Waals surface area (Å²) in [5, 5.41) is 8.99. The fourth-order valence-corrected chi connectivity index (χ4v) is 1.99. The highest BCUT2D eigenvalue weighted by Crippen LogP contribution is 2.22. The van der Waals surface area contributed by atoms with Crippen molar-refractivity contribution in [2.75, 3.05) is 6.54 Å². The average molecular weight is 288 g/mol. The highest BCUT2D eigenvalue weighted by molar-refractivity contribution is 5.39. The number of ether oxygens (including phenoxy) is 1. The minimum Gasteiger partial charge on any atom is -0.489 e. The first-order valence-corrected chi connectivity index (χ1v) is 6.44. The molecule has 2 rings (SSSR count). The van der Waals surface area contributed by atoms with Gasteiger partial charge in [-0.25, -0.2) is 8.78 Å². The molecule has 0 unspecified atom stereocenters. The molecule has 2 aromatic carbocycles. The van der Waals surface area contributed by atoms with E-state index in [-0.39, 0.29) is 12.4 Å². The van der Waals surface area contributed by atoms with Crippen LogP contribution in [0.3, 0.4) is 0 Å². The van der Waals surface area contributed by atoms with E-state index in [0.717, 1.165) is 0 Å². The molecule has 0 atom stereocenters. The third-order valence-corrected chi connectivity index (χ3v) is 3.01. The molecule has 0 radical (unpaired) electrons. The highest BCUT2D eigenvalue weighted by atomic mass is 19.1. The number of halogens is 2. The molecule has 2 N–H and O–H groups in total. The third-order valence-electron chi connectivity index (χ3n) is 3.01. The number of nitrogens with zero attached hydrogens (tertiary/aromatic N) is 1. The van der Waals surface area contributed by atoms with Crippen LogP contribution < -0.4 is 10.5 Å². The topological polar surface area (TPSA) is 59.0 Å². The van der Waals surface area contributed by atoms with Crippen LogP contribution in [0.15, 0.2) is 36.4 Å². The predicted molar refractivity (Wildman–Crippen MR) is 74.6 cm³/mol. The molecule has 0 amide bonds. The van der Waals surface area contributed by atoms with Crippen molar-refractivity contribution in [2.45, 2.75) is 13.0 Å². The molecule has 0 aliphatic rings. The molecule has 108 valence electrons. The Balaban J connectivity index is 2.20. The van der Waals surface area contributed by atoms with Crippen molar-refractivity contribution in [3.05, 3.63) is 64.7 Å². The quantitative estimate of drug-likeness (QED) is 0.920. The van der Waals surface area contributed by atoms with Crippen LogP contribution >= 0.6 is 0 Å². The number of rotatable bonds is 5. The number of nitriles is 1. The van der Waals surface area contributed by atoms with Crippen LogP contribution in [0.2, 0.25) is 0 Å². The summed E-state index contributed by atoms with van der Waals surface area (Å²) < 4.78 is 32.0. The average Bonchev–Trinajstić information content (AvgIpc) is 2.47. The second-order valence-corrected chi connectivity index (χ2v) is 4.49. The van der Waals surface area contributed by atoms with Gasteiger partial charge in [-0.3, -0.25) is 0 Å². The van der Waals surface area contributed by atoms with E-state index in [0.29, 0.717) is 35.4 Å². The van der Waals surface area contributed by atoms with Crippen molar-refractivity contribution in [2.24, 2.45) is 5.73 Å². The van der Waals surface area contributed by atoms with Crippen LogP contribution in [0.4, 0.5) is 8.78 Å². The van der Waals surface area contributed by atoms with Crippen LogP contribution in [-0.2, 0) is 13.0 Å². The van der Waals surface area contributed by atoms with Crippen LogP contribution in [0.5, 0.6) is 5.75 Å². The molecule has 2 aromatic rings. The summed E-state index contributed by atoms with van der Waals surface area (Å²) in [5.41, 5.74) is 6.92. The summed E-state index contributed by atoms with van der Waals surface area (Å²) in [4.78, 5) is 0. The second-order valence-electron chi connectivity index (χ2n) is 4.49. The van der Waals surface area contributed by atoms with Crippen molar-refractivity contribution >= 4 is 0 Å². The lowest BCUT2D eigenvalue weighted by atomic mass is 10.1. The lowest BCUT2D eigenvalue weighted by Gasteiger charge is -2.12. The zero-order valence-electron chi connectivity index (χ0n) is 11.3. The standard InChI is InChI=1S/C16H14F2N2O/c17-14-2-1-12(9-20)13(8-14)10-21-16-4-3-15(18)7-11(16)5-6-19/h1-4,7-8H,5-6,10,19H2. The fourth-order valence-electron chi connectivity index (χ4n) is 1.99. The van der Waals surface area contributed by atoms with E-state index in [4.69, 9.17) is 15.7 Å². The van der Waals surface area contributed by atoms with Gasteiger partial charge in [0.1, 0.15) is 24.0 Å². The molecule has 0 saturated carbocycles. The van der Waals surface area contributed by atoms with Gasteiger partial charge in [0.2, 0.25) is 0 Å². The normalized spacial score (nSPS) is 10.2. The molecule has 21 heavy (non-hydrogen) atoms. The molecule has 5 heteroatoms. The number of nitrogens with two attached hydrogens (primary N) is 1. The van der Waals surface area contributed by atoms with Gasteiger partial charge in [0.05, 0.1) is 11.6 Å². The maximum Gasteiger partial charge on any atom is 0.123 e. The number of benzene rings is 2. The van der Waals surface area contributed by atoms with E-state index in [1.807, 2.05) is 6.07 Å². The minimum atomic E-state index is -0.436. The number of hydrogen-bond donors (Lipinski definition) is 1. The molecule has 0 heterocycles. The van der Waals surface area contributed by atoms with E-state index < -0.39 is 5.82 Å². The molecule has 0 spiro atoms. The van der Waals surface area contributed by atoms with Gasteiger partial charge >= 0.3 is 0 Å². The minimum absolute atomic E-state index is 0.0316. The monoisotopic (exact) mass is 288 g/mol. The summed E-state index contributed by atoms with van der Waals surface area (Å²) in [5.74, 6) is -0.321. The lowest BCUT2D eigenvalue weighted by Crippen LogP contribution is -2.06. The molecular weight excluding hydrogens is 274 g/mol. The van der Waals surface area contributed by atoms with Gasteiger partial charge in [0.25, 0.3) is 0 Å². The Morgan fingerprint density at radius 1 is 1.05 bits per heavy atom. The van der Waals surface area contributed by atoms with Gasteiger partial charge in [-0.1, -0.05) is 0 Å². The van der Waals surface area contributed by atoms with Gasteiger partial charge < -0.3 is 10.5 Å². The summed E-state index contributed by atoms with van der Waals surface area (Å²) in [7, 11) is 0. The lowest BCUT2D eigenvalue weighted by molar-refractivity contribution is 0.301. The summed E-state index contributed by atoms with van der Waals surface area (Å²) in [6.07, 6.45) is 0.474. The molecule has 0 aliphatic heterocycles. The van der Waals surface area contributed by atoms with Crippen molar-refractivity contribution in [3.63, 3.8) is 0 Å². The maximum absolute atomic E-state index is 13.2. The van der Waals surface area contributed by atoms with E-state index in [9.17, 15) is 8.78 Å². The van der Waals surface area contributed by atoms with Gasteiger partial charge in [-0.2, -0.15) is 5.26 Å². The fraction of sp³-hybridized carbons (Fsp3) is 0.188. The van der Waals surface area contributed by atoms with E-state index in [2.05, 4.69) is 0 Å². The van der Waals surface area contributed by atoms with Gasteiger partial charge in [0, 0.05) is 5.56 Å². The first-order chi connectivity index (χ1) is 10.1. The molecule has 0 bridgehead atoms. The Hall–Kier alpha value is -2.45. The smallest absolute Gasteiger partial charge is 0.123 e. The van der Waals surface area contributed by atoms with Gasteiger partial charge in [-0.05, 0) is 54.9 Å². The maximum atomic E-state index is 13.2. The summed E-state index contributed by atoms with van der Waals surface area (Å²) >= 11 is 0. The molecule has 0 aliphatic carbocycles. The van der Waals surface area contributed by atoms with Crippen molar-refractivity contribution < 1.29 is 13.5 Å². The van der Waals surface area contributed by atoms with Crippen LogP contribution in [0.1, 0.15) is 16.7 Å². The largest absolute Gasteiger partial charge is 0.489 e. The van der Waals surface area contributed by atoms with Crippen LogP contribution in [-0.4, -0.2) is 6.54 Å². The van der Waals surface area contributed by atoms with Crippen LogP contribution in [0, 0.1) is 23.0 Å². The summed E-state index contributed by atoms with van der Waals surface area (Å²) in [6, 6.07) is 10.0. The zero-order chi connectivity index (χ0) is 15.2. The Morgan fingerprint density at radius 2 is 1.71 bits per heavy atom. The Labute approximate surface area is 121 Å². The molecule has 0 saturated heterocycles. The number of hydrogen-bond acceptors (Lipinski definition) is 3. The Kier molecular flexibility index (Phi) is 4.85. The third kappa shape index (κ3) is 3.77. The van der Waals surface area contributed by atoms with E-state index in [1.165, 1.54) is 36.4 Å². The Morgan fingerprint density at radius 3 is 2.38 bits per heavy atom. The SMILES string of the molecule is N#Cc1ccc(F)cc1COc1ccc(F)cc1CCN. The van der Waals surface area contributed by atoms with Crippen LogP contribution in [0.25, 0.3) is 0 Å². The van der Waals surface area contributed by atoms with Crippen molar-refractivity contribution in [3.8, 4) is 11.8 Å². The Bertz CT molecular complexity index is 680. The first kappa shape index (κ1) is 14.9. The molecular formula is C16H14F2N2O. The zero-order valence-corrected chi connectivity index (χ0v) is 11.3. The molecule has 3 nitrogen and oxygen atoms in total. The first-order valence-electron chi connectivity index (χ1n) is 6.44. The molecule has 0 fully saturated rings. The highest BCUT2D eigenvalue weighted by Gasteiger charge is 2.08. The van der Waals surface area contributed by atoms with Crippen molar-refractivity contribution in [1.82, 2.24) is 0 Å². The van der Waals surface area contributed by atoms with Gasteiger partial charge in [0.15, 0.2) is 0 Å². The van der Waals surface area contributed by atoms with Crippen molar-refractivity contribution in [1.29, 1.82) is 5.26 Å². The van der Waals surface area contributed by atoms with E-state index >= 15 is 0 Å². The second kappa shape index (κ2) is 6.82. The molecule has 0 aromatic heterocycles. The van der Waals surface area contributed by atoms with E-state index in [1.54, 1.807) is 0 Å².